The number of hydrogen-bond donors (Lipinski definition) is 2. The van der Waals surface area contributed by atoms with Crippen molar-refractivity contribution in [1.82, 2.24) is 9.97 Å². The van der Waals surface area contributed by atoms with Gasteiger partial charge in [0.2, 0.25) is 5.91 Å². The van der Waals surface area contributed by atoms with Crippen molar-refractivity contribution < 1.29 is 9.53 Å². The van der Waals surface area contributed by atoms with Gasteiger partial charge in [-0.1, -0.05) is 30.3 Å². The summed E-state index contributed by atoms with van der Waals surface area (Å²) in [6.07, 6.45) is 3.04. The first-order valence-corrected chi connectivity index (χ1v) is 11.4. The molecule has 2 N–H and O–H groups in total. The number of nitrogens with one attached hydrogen (secondary N) is 2. The summed E-state index contributed by atoms with van der Waals surface area (Å²) in [6, 6.07) is 5.04. The van der Waals surface area contributed by atoms with Gasteiger partial charge in [-0.2, -0.15) is 0 Å². The van der Waals surface area contributed by atoms with Crippen LogP contribution in [0.25, 0.3) is 10.2 Å². The zero-order chi connectivity index (χ0) is 20.5. The van der Waals surface area contributed by atoms with Gasteiger partial charge in [-0.3, -0.25) is 9.59 Å². The molecule has 1 amide bonds. The predicted octanol–water partition coefficient (Wildman–Crippen LogP) is 4.50. The third kappa shape index (κ3) is 4.29. The number of ether oxygens (including phenoxy) is 1. The number of benzene rings is 1. The number of halogens is 1. The highest BCUT2D eigenvalue weighted by Gasteiger charge is 2.23. The molecule has 1 aromatic carbocycles. The summed E-state index contributed by atoms with van der Waals surface area (Å²) in [5.74, 6) is 1.10. The van der Waals surface area contributed by atoms with Crippen molar-refractivity contribution in [1.29, 1.82) is 0 Å². The third-order valence-electron chi connectivity index (χ3n) is 4.92. The average Bonchev–Trinajstić information content (AvgIpc) is 3.04. The molecule has 2 heterocycles. The maximum atomic E-state index is 12.6. The minimum atomic E-state index is -0.210. The van der Waals surface area contributed by atoms with E-state index in [4.69, 9.17) is 16.3 Å². The van der Waals surface area contributed by atoms with Crippen molar-refractivity contribution in [2.75, 3.05) is 18.2 Å². The number of carbonyl (C=O) groups excluding carboxylic acids is 1. The van der Waals surface area contributed by atoms with Gasteiger partial charge in [-0.25, -0.2) is 4.98 Å². The van der Waals surface area contributed by atoms with Crippen LogP contribution in [0.3, 0.4) is 0 Å². The molecule has 0 saturated heterocycles. The first-order chi connectivity index (χ1) is 13.9. The van der Waals surface area contributed by atoms with Gasteiger partial charge in [0.25, 0.3) is 5.56 Å². The maximum Gasteiger partial charge on any atom is 0.260 e. The quantitative estimate of drug-likeness (QED) is 0.442. The highest BCUT2D eigenvalue weighted by Crippen LogP contribution is 2.36. The molecular weight excluding hydrogens is 430 g/mol. The number of fused-ring (bicyclic) bond motifs is 3. The fourth-order valence-corrected chi connectivity index (χ4v) is 5.83. The Labute approximate surface area is 181 Å². The lowest BCUT2D eigenvalue weighted by Crippen LogP contribution is -2.16. The fourth-order valence-electron chi connectivity index (χ4n) is 3.47. The Hall–Kier alpha value is -2.03. The molecule has 1 aliphatic rings. The molecule has 152 valence electrons. The van der Waals surface area contributed by atoms with E-state index in [0.29, 0.717) is 27.5 Å². The van der Waals surface area contributed by atoms with Gasteiger partial charge < -0.3 is 15.0 Å². The van der Waals surface area contributed by atoms with E-state index in [0.717, 1.165) is 35.0 Å². The highest BCUT2D eigenvalue weighted by atomic mass is 35.5. The summed E-state index contributed by atoms with van der Waals surface area (Å²) in [4.78, 5) is 34.3. The second kappa shape index (κ2) is 8.38. The molecule has 1 aliphatic carbocycles. The topological polar surface area (TPSA) is 84.1 Å². The van der Waals surface area contributed by atoms with Gasteiger partial charge in [0.05, 0.1) is 23.3 Å². The summed E-state index contributed by atoms with van der Waals surface area (Å²) < 4.78 is 5.10. The van der Waals surface area contributed by atoms with Crippen LogP contribution in [0.15, 0.2) is 28.2 Å². The molecule has 4 rings (SSSR count). The van der Waals surface area contributed by atoms with E-state index in [1.54, 1.807) is 29.5 Å². The van der Waals surface area contributed by atoms with E-state index >= 15 is 0 Å². The largest absolute Gasteiger partial charge is 0.495 e. The Morgan fingerprint density at radius 2 is 2.31 bits per heavy atom. The normalized spacial score (nSPS) is 15.9. The van der Waals surface area contributed by atoms with Crippen LogP contribution in [0.5, 0.6) is 5.75 Å². The van der Waals surface area contributed by atoms with Crippen molar-refractivity contribution in [3.8, 4) is 5.75 Å². The summed E-state index contributed by atoms with van der Waals surface area (Å²) in [7, 11) is 1.53. The van der Waals surface area contributed by atoms with Crippen LogP contribution < -0.4 is 15.6 Å². The van der Waals surface area contributed by atoms with Crippen LogP contribution in [0.4, 0.5) is 5.69 Å². The number of H-pyrrole nitrogens is 1. The predicted molar refractivity (Wildman–Crippen MR) is 119 cm³/mol. The monoisotopic (exact) mass is 449 g/mol. The molecule has 0 fully saturated rings. The Morgan fingerprint density at radius 1 is 1.48 bits per heavy atom. The Morgan fingerprint density at radius 3 is 3.07 bits per heavy atom. The lowest BCUT2D eigenvalue weighted by molar-refractivity contribution is -0.113. The molecule has 1 unspecified atom stereocenters. The van der Waals surface area contributed by atoms with Gasteiger partial charge in [0.15, 0.2) is 5.16 Å². The Balaban J connectivity index is 1.46. The number of aryl methyl sites for hydroxylation is 1. The molecule has 0 bridgehead atoms. The number of rotatable bonds is 5. The first kappa shape index (κ1) is 20.3. The number of methoxy groups -OCH3 is 1. The molecule has 0 saturated carbocycles. The molecule has 3 aromatic rings. The molecular formula is C20H20ClN3O3S2. The number of amides is 1. The molecule has 9 heteroatoms. The van der Waals surface area contributed by atoms with Crippen LogP contribution in [0, 0.1) is 5.92 Å². The molecule has 6 nitrogen and oxygen atoms in total. The smallest absolute Gasteiger partial charge is 0.260 e. The van der Waals surface area contributed by atoms with Crippen LogP contribution in [0.1, 0.15) is 23.8 Å². The standard InChI is InChI=1S/C20H20ClN3O3S2/c1-10-3-5-12-15(7-10)29-19-17(12)18(26)23-20(24-19)28-9-16(25)22-11-4-6-14(27-2)13(21)8-11/h4,6,8,10H,3,5,7,9H2,1-2H3,(H,22,25)(H,23,24,26). The lowest BCUT2D eigenvalue weighted by atomic mass is 9.89. The number of thioether (sulfide) groups is 1. The van der Waals surface area contributed by atoms with Crippen LogP contribution >= 0.6 is 34.7 Å². The summed E-state index contributed by atoms with van der Waals surface area (Å²) in [6.45, 7) is 2.24. The molecule has 0 spiro atoms. The number of aromatic amines is 1. The second-order valence-electron chi connectivity index (χ2n) is 7.09. The molecule has 1 atom stereocenters. The van der Waals surface area contributed by atoms with Crippen LogP contribution in [0.2, 0.25) is 5.02 Å². The van der Waals surface area contributed by atoms with Gasteiger partial charge >= 0.3 is 0 Å². The van der Waals surface area contributed by atoms with Gasteiger partial charge in [-0.05, 0) is 48.9 Å². The average molecular weight is 450 g/mol. The van der Waals surface area contributed by atoms with E-state index in [1.807, 2.05) is 0 Å². The molecule has 29 heavy (non-hydrogen) atoms. The van der Waals surface area contributed by atoms with Crippen LogP contribution in [-0.2, 0) is 17.6 Å². The molecule has 0 aliphatic heterocycles. The van der Waals surface area contributed by atoms with Crippen LogP contribution in [-0.4, -0.2) is 28.7 Å². The van der Waals surface area contributed by atoms with Crippen molar-refractivity contribution in [2.45, 2.75) is 31.3 Å². The Bertz CT molecular complexity index is 1140. The second-order valence-corrected chi connectivity index (χ2v) is 9.54. The fraction of sp³-hybridized carbons (Fsp3) is 0.350. The maximum absolute atomic E-state index is 12.6. The Kier molecular flexibility index (Phi) is 5.85. The van der Waals surface area contributed by atoms with Gasteiger partial charge in [0, 0.05) is 10.6 Å². The lowest BCUT2D eigenvalue weighted by Gasteiger charge is -2.17. The van der Waals surface area contributed by atoms with Crippen molar-refractivity contribution in [2.24, 2.45) is 5.92 Å². The van der Waals surface area contributed by atoms with E-state index in [-0.39, 0.29) is 17.2 Å². The number of nitrogens with zero attached hydrogens (tertiary/aromatic N) is 1. The highest BCUT2D eigenvalue weighted by molar-refractivity contribution is 7.99. The minimum absolute atomic E-state index is 0.119. The summed E-state index contributed by atoms with van der Waals surface area (Å²) in [5.41, 5.74) is 1.62. The number of anilines is 1. The van der Waals surface area contributed by atoms with Crippen molar-refractivity contribution in [3.63, 3.8) is 0 Å². The minimum Gasteiger partial charge on any atom is -0.495 e. The molecule has 2 aromatic heterocycles. The van der Waals surface area contributed by atoms with Gasteiger partial charge in [-0.15, -0.1) is 11.3 Å². The molecule has 0 radical (unpaired) electrons. The number of carbonyl (C=O) groups is 1. The van der Waals surface area contributed by atoms with Crippen molar-refractivity contribution in [3.05, 3.63) is 44.0 Å². The number of thiophene rings is 1. The number of hydrogen-bond acceptors (Lipinski definition) is 6. The third-order valence-corrected chi connectivity index (χ3v) is 7.24. The zero-order valence-electron chi connectivity index (χ0n) is 16.0. The van der Waals surface area contributed by atoms with E-state index in [9.17, 15) is 9.59 Å². The van der Waals surface area contributed by atoms with E-state index in [2.05, 4.69) is 22.2 Å². The van der Waals surface area contributed by atoms with Crippen molar-refractivity contribution >= 4 is 56.5 Å². The van der Waals surface area contributed by atoms with E-state index < -0.39 is 0 Å². The number of aromatic nitrogens is 2. The first-order valence-electron chi connectivity index (χ1n) is 9.25. The SMILES string of the molecule is COc1ccc(NC(=O)CSc2nc3sc4c(c3c(=O)[nH]2)CCC(C)C4)cc1Cl. The van der Waals surface area contributed by atoms with Gasteiger partial charge in [0.1, 0.15) is 10.6 Å². The zero-order valence-corrected chi connectivity index (χ0v) is 18.4. The summed E-state index contributed by atoms with van der Waals surface area (Å²) >= 11 is 8.89. The van der Waals surface area contributed by atoms with E-state index in [1.165, 1.54) is 23.7 Å². The summed E-state index contributed by atoms with van der Waals surface area (Å²) in [5, 5.41) is 4.38.